The molecule has 0 saturated heterocycles. The summed E-state index contributed by atoms with van der Waals surface area (Å²) in [6, 6.07) is -0.739. The van der Waals surface area contributed by atoms with Crippen molar-refractivity contribution >= 4 is 5.91 Å². The Bertz CT molecular complexity index is 743. The molecule has 5 heteroatoms. The van der Waals surface area contributed by atoms with Crippen molar-refractivity contribution in [3.8, 4) is 0 Å². The molecule has 0 aromatic rings. The molecule has 316 valence electrons. The Balaban J connectivity index is 3.60. The Morgan fingerprint density at radius 2 is 0.774 bits per heavy atom. The highest BCUT2D eigenvalue weighted by atomic mass is 16.3. The van der Waals surface area contributed by atoms with Gasteiger partial charge in [0.1, 0.15) is 0 Å². The molecule has 0 rings (SSSR count). The second kappa shape index (κ2) is 43.8. The molecule has 0 aromatic heterocycles. The quantitative estimate of drug-likeness (QED) is 0.0369. The number of hydrogen-bond acceptors (Lipinski definition) is 4. The average Bonchev–Trinajstić information content (AvgIpc) is 3.15. The molecule has 0 fully saturated rings. The van der Waals surface area contributed by atoms with Crippen LogP contribution in [-0.4, -0.2) is 46.1 Å². The van der Waals surface area contributed by atoms with E-state index in [9.17, 15) is 20.1 Å². The molecule has 0 spiro atoms. The van der Waals surface area contributed by atoms with Crippen molar-refractivity contribution < 1.29 is 20.1 Å². The number of rotatable bonds is 44. The molecule has 0 aliphatic rings. The third-order valence-electron chi connectivity index (χ3n) is 11.3. The first-order valence-corrected chi connectivity index (χ1v) is 24.0. The predicted molar refractivity (Wildman–Crippen MR) is 232 cm³/mol. The molecule has 5 nitrogen and oxygen atoms in total. The standard InChI is InChI=1S/C48H95NO4/c1-3-5-7-9-11-13-15-17-19-21-23-24-25-27-29-31-33-35-37-39-41-45(51)43-48(53)49-46(44-50)47(52)42-40-38-36-34-32-30-28-26-22-20-18-16-14-12-10-8-6-4-2/h40,42,45-47,50-52H,3-39,41,43-44H2,1-2H3,(H,49,53)/b42-40+. The third-order valence-corrected chi connectivity index (χ3v) is 11.3. The highest BCUT2D eigenvalue weighted by Gasteiger charge is 2.20. The van der Waals surface area contributed by atoms with Crippen LogP contribution in [0.15, 0.2) is 12.2 Å². The highest BCUT2D eigenvalue weighted by molar-refractivity contribution is 5.76. The van der Waals surface area contributed by atoms with Crippen molar-refractivity contribution in [2.24, 2.45) is 0 Å². The van der Waals surface area contributed by atoms with Crippen LogP contribution in [0.4, 0.5) is 0 Å². The van der Waals surface area contributed by atoms with Crippen molar-refractivity contribution in [1.29, 1.82) is 0 Å². The minimum atomic E-state index is -0.924. The SMILES string of the molecule is CCCCCCCCCCCCCCCCCC/C=C/C(O)C(CO)NC(=O)CC(O)CCCCCCCCCCCCCCCCCCCCCC. The number of aliphatic hydroxyl groups is 3. The van der Waals surface area contributed by atoms with Gasteiger partial charge in [-0.1, -0.05) is 251 Å². The summed E-state index contributed by atoms with van der Waals surface area (Å²) >= 11 is 0. The van der Waals surface area contributed by atoms with E-state index < -0.39 is 18.2 Å². The first-order valence-electron chi connectivity index (χ1n) is 24.0. The number of allylic oxidation sites excluding steroid dienone is 1. The molecule has 0 saturated carbocycles. The van der Waals surface area contributed by atoms with Crippen molar-refractivity contribution in [3.05, 3.63) is 12.2 Å². The van der Waals surface area contributed by atoms with Crippen LogP contribution in [0.1, 0.15) is 264 Å². The van der Waals surface area contributed by atoms with Gasteiger partial charge in [0.25, 0.3) is 0 Å². The van der Waals surface area contributed by atoms with Crippen LogP contribution < -0.4 is 5.32 Å². The Morgan fingerprint density at radius 3 is 1.09 bits per heavy atom. The van der Waals surface area contributed by atoms with E-state index in [0.717, 1.165) is 25.7 Å². The molecule has 53 heavy (non-hydrogen) atoms. The Hall–Kier alpha value is -0.910. The molecule has 0 aliphatic heterocycles. The zero-order valence-corrected chi connectivity index (χ0v) is 35.9. The number of aliphatic hydroxyl groups excluding tert-OH is 3. The van der Waals surface area contributed by atoms with Gasteiger partial charge in [-0.2, -0.15) is 0 Å². The number of amides is 1. The molecule has 4 N–H and O–H groups in total. The van der Waals surface area contributed by atoms with Gasteiger partial charge in [0.2, 0.25) is 5.91 Å². The lowest BCUT2D eigenvalue weighted by molar-refractivity contribution is -0.124. The summed E-state index contributed by atoms with van der Waals surface area (Å²) in [7, 11) is 0. The van der Waals surface area contributed by atoms with Crippen LogP contribution in [-0.2, 0) is 4.79 Å². The first-order chi connectivity index (χ1) is 26.0. The van der Waals surface area contributed by atoms with Crippen molar-refractivity contribution in [1.82, 2.24) is 5.32 Å². The minimum Gasteiger partial charge on any atom is -0.394 e. The van der Waals surface area contributed by atoms with Crippen molar-refractivity contribution in [2.45, 2.75) is 283 Å². The lowest BCUT2D eigenvalue weighted by Crippen LogP contribution is -2.45. The smallest absolute Gasteiger partial charge is 0.222 e. The Kier molecular flexibility index (Phi) is 43.1. The third kappa shape index (κ3) is 40.6. The molecule has 0 aliphatic carbocycles. The molecule has 0 heterocycles. The zero-order chi connectivity index (χ0) is 38.7. The Morgan fingerprint density at radius 1 is 0.472 bits per heavy atom. The second-order valence-corrected chi connectivity index (χ2v) is 16.7. The number of carbonyl (C=O) groups excluding carboxylic acids is 1. The van der Waals surface area contributed by atoms with Crippen molar-refractivity contribution in [2.75, 3.05) is 6.61 Å². The summed E-state index contributed by atoms with van der Waals surface area (Å²) in [5.74, 6) is -0.310. The van der Waals surface area contributed by atoms with E-state index in [1.54, 1.807) is 6.08 Å². The summed E-state index contributed by atoms with van der Waals surface area (Å²) in [5.41, 5.74) is 0. The van der Waals surface area contributed by atoms with Crippen LogP contribution in [0, 0.1) is 0 Å². The molecule has 0 bridgehead atoms. The lowest BCUT2D eigenvalue weighted by atomic mass is 10.0. The maximum atomic E-state index is 12.5. The van der Waals surface area contributed by atoms with E-state index >= 15 is 0 Å². The van der Waals surface area contributed by atoms with Gasteiger partial charge in [-0.15, -0.1) is 0 Å². The fourth-order valence-corrected chi connectivity index (χ4v) is 7.64. The number of carbonyl (C=O) groups is 1. The van der Waals surface area contributed by atoms with Gasteiger partial charge < -0.3 is 20.6 Å². The molecule has 0 radical (unpaired) electrons. The molecular formula is C48H95NO4. The van der Waals surface area contributed by atoms with Crippen molar-refractivity contribution in [3.63, 3.8) is 0 Å². The molecular weight excluding hydrogens is 655 g/mol. The summed E-state index contributed by atoms with van der Waals surface area (Å²) in [4.78, 5) is 12.5. The molecule has 3 atom stereocenters. The van der Waals surface area contributed by atoms with E-state index in [2.05, 4.69) is 19.2 Å². The van der Waals surface area contributed by atoms with Gasteiger partial charge in [0.15, 0.2) is 0 Å². The number of hydrogen-bond donors (Lipinski definition) is 4. The van der Waals surface area contributed by atoms with Gasteiger partial charge in [0.05, 0.1) is 31.3 Å². The van der Waals surface area contributed by atoms with Crippen LogP contribution in [0.25, 0.3) is 0 Å². The maximum absolute atomic E-state index is 12.5. The minimum absolute atomic E-state index is 0.0191. The summed E-state index contributed by atoms with van der Waals surface area (Å²) in [6.45, 7) is 4.24. The van der Waals surface area contributed by atoms with E-state index in [4.69, 9.17) is 0 Å². The van der Waals surface area contributed by atoms with E-state index in [1.165, 1.54) is 212 Å². The summed E-state index contributed by atoms with van der Waals surface area (Å²) in [6.07, 6.45) is 52.2. The van der Waals surface area contributed by atoms with E-state index in [0.29, 0.717) is 6.42 Å². The van der Waals surface area contributed by atoms with Gasteiger partial charge in [-0.05, 0) is 19.3 Å². The largest absolute Gasteiger partial charge is 0.394 e. The first kappa shape index (κ1) is 52.1. The number of nitrogens with one attached hydrogen (secondary N) is 1. The molecule has 3 unspecified atom stereocenters. The maximum Gasteiger partial charge on any atom is 0.222 e. The predicted octanol–water partition coefficient (Wildman–Crippen LogP) is 14.0. The summed E-state index contributed by atoms with van der Waals surface area (Å²) in [5, 5.41) is 33.3. The zero-order valence-electron chi connectivity index (χ0n) is 35.9. The average molecular weight is 750 g/mol. The number of unbranched alkanes of at least 4 members (excludes halogenated alkanes) is 35. The molecule has 0 aromatic carbocycles. The van der Waals surface area contributed by atoms with Gasteiger partial charge in [-0.3, -0.25) is 4.79 Å². The monoisotopic (exact) mass is 750 g/mol. The second-order valence-electron chi connectivity index (χ2n) is 16.7. The fourth-order valence-electron chi connectivity index (χ4n) is 7.64. The van der Waals surface area contributed by atoms with E-state index in [-0.39, 0.29) is 18.9 Å². The van der Waals surface area contributed by atoms with E-state index in [1.807, 2.05) is 6.08 Å². The highest BCUT2D eigenvalue weighted by Crippen LogP contribution is 2.17. The topological polar surface area (TPSA) is 89.8 Å². The fraction of sp³-hybridized carbons (Fsp3) is 0.938. The van der Waals surface area contributed by atoms with Gasteiger partial charge in [0, 0.05) is 0 Å². The summed E-state index contributed by atoms with van der Waals surface area (Å²) < 4.78 is 0. The van der Waals surface area contributed by atoms with Crippen LogP contribution in [0.2, 0.25) is 0 Å². The lowest BCUT2D eigenvalue weighted by Gasteiger charge is -2.21. The van der Waals surface area contributed by atoms with Gasteiger partial charge >= 0.3 is 0 Å². The normalized spacial score (nSPS) is 13.5. The van der Waals surface area contributed by atoms with Crippen LogP contribution in [0.3, 0.4) is 0 Å². The Labute approximate surface area is 331 Å². The van der Waals surface area contributed by atoms with Gasteiger partial charge in [-0.25, -0.2) is 0 Å². The molecule has 1 amide bonds. The van der Waals surface area contributed by atoms with Crippen LogP contribution >= 0.6 is 0 Å². The van der Waals surface area contributed by atoms with Crippen LogP contribution in [0.5, 0.6) is 0 Å².